The van der Waals surface area contributed by atoms with Crippen molar-refractivity contribution in [2.75, 3.05) is 33.3 Å². The van der Waals surface area contributed by atoms with Crippen LogP contribution in [0, 0.1) is 17.8 Å². The second-order valence-corrected chi connectivity index (χ2v) is 12.2. The minimum Gasteiger partial charge on any atom is -0.481 e. The normalized spacial score (nSPS) is 34.2. The van der Waals surface area contributed by atoms with Gasteiger partial charge in [-0.3, -0.25) is 4.79 Å². The van der Waals surface area contributed by atoms with Crippen molar-refractivity contribution in [2.24, 2.45) is 17.8 Å². The molecular weight excluding hydrogens is 516 g/mol. The van der Waals surface area contributed by atoms with E-state index in [9.17, 15) is 19.8 Å². The molecular formula is C30H50N2O8. The maximum absolute atomic E-state index is 12.8. The first-order valence-electron chi connectivity index (χ1n) is 14.6. The van der Waals surface area contributed by atoms with Gasteiger partial charge in [-0.1, -0.05) is 39.0 Å². The molecule has 3 fully saturated rings. The molecule has 3 saturated heterocycles. The number of aliphatic hydroxyl groups excluding tert-OH is 1. The summed E-state index contributed by atoms with van der Waals surface area (Å²) in [6.07, 6.45) is 4.72. The third-order valence-corrected chi connectivity index (χ3v) is 8.59. The molecule has 3 aliphatic heterocycles. The molecule has 10 atom stereocenters. The lowest BCUT2D eigenvalue weighted by atomic mass is 9.85. The van der Waals surface area contributed by atoms with Gasteiger partial charge in [0.2, 0.25) is 0 Å². The standard InChI is InChI=1S/C30H50N2O8/c1-18(17-30(6)28(40-30)21(4)27(37-7)22(5)33)9-8-10-19(2)26-20(3)24(15-23(38-26)16-25(34)35)39-29(36)32-13-11-31-12-14-32/h8-10,18,20-24,26-28,31,33H,11-17H2,1-7H3,(H,34,35)/b9-8+,19-10+/t18-,20+,21-,22-,23-,24-,26-,27-,28?,30-/m1/s1. The molecule has 3 N–H and O–H groups in total. The Balaban J connectivity index is 1.61. The van der Waals surface area contributed by atoms with Gasteiger partial charge in [-0.05, 0) is 38.7 Å². The van der Waals surface area contributed by atoms with Gasteiger partial charge >= 0.3 is 12.1 Å². The molecule has 1 amide bonds. The van der Waals surface area contributed by atoms with Crippen molar-refractivity contribution in [1.29, 1.82) is 0 Å². The van der Waals surface area contributed by atoms with Crippen LogP contribution in [0.1, 0.15) is 60.8 Å². The first kappa shape index (κ1) is 32.5. The van der Waals surface area contributed by atoms with E-state index in [0.717, 1.165) is 25.1 Å². The van der Waals surface area contributed by atoms with Crippen LogP contribution in [0.3, 0.4) is 0 Å². The Morgan fingerprint density at radius 1 is 1.23 bits per heavy atom. The van der Waals surface area contributed by atoms with Crippen LogP contribution in [0.15, 0.2) is 23.8 Å². The van der Waals surface area contributed by atoms with E-state index in [4.69, 9.17) is 18.9 Å². The molecule has 10 heteroatoms. The number of amides is 1. The van der Waals surface area contributed by atoms with Gasteiger partial charge in [-0.15, -0.1) is 0 Å². The summed E-state index contributed by atoms with van der Waals surface area (Å²) in [5, 5.41) is 22.6. The van der Waals surface area contributed by atoms with E-state index >= 15 is 0 Å². The van der Waals surface area contributed by atoms with Crippen molar-refractivity contribution < 1.29 is 38.7 Å². The summed E-state index contributed by atoms with van der Waals surface area (Å²) in [6, 6.07) is 0. The number of nitrogens with one attached hydrogen (secondary N) is 1. The van der Waals surface area contributed by atoms with E-state index in [2.05, 4.69) is 32.2 Å². The number of carboxylic acid groups (broad SMARTS) is 1. The predicted octanol–water partition coefficient (Wildman–Crippen LogP) is 3.38. The van der Waals surface area contributed by atoms with Crippen molar-refractivity contribution in [1.82, 2.24) is 10.2 Å². The highest BCUT2D eigenvalue weighted by molar-refractivity contribution is 5.68. The summed E-state index contributed by atoms with van der Waals surface area (Å²) in [5.41, 5.74) is 0.690. The fourth-order valence-electron chi connectivity index (χ4n) is 6.42. The quantitative estimate of drug-likeness (QED) is 0.240. The summed E-state index contributed by atoms with van der Waals surface area (Å²) < 4.78 is 23.7. The Labute approximate surface area is 239 Å². The number of nitrogens with zero attached hydrogens (tertiary/aromatic N) is 1. The number of methoxy groups -OCH3 is 1. The molecule has 0 aliphatic carbocycles. The molecule has 0 aromatic carbocycles. The van der Waals surface area contributed by atoms with Crippen LogP contribution in [0.2, 0.25) is 0 Å². The molecule has 3 rings (SSSR count). The molecule has 1 unspecified atom stereocenters. The van der Waals surface area contributed by atoms with E-state index < -0.39 is 24.3 Å². The van der Waals surface area contributed by atoms with Gasteiger partial charge < -0.3 is 39.4 Å². The third-order valence-electron chi connectivity index (χ3n) is 8.59. The number of ether oxygens (including phenoxy) is 4. The van der Waals surface area contributed by atoms with Crippen molar-refractivity contribution in [3.63, 3.8) is 0 Å². The highest BCUT2D eigenvalue weighted by atomic mass is 16.6. The second kappa shape index (κ2) is 14.3. The number of epoxide rings is 1. The molecule has 0 bridgehead atoms. The molecule has 0 saturated carbocycles. The zero-order valence-corrected chi connectivity index (χ0v) is 25.2. The average molecular weight is 567 g/mol. The van der Waals surface area contributed by atoms with E-state index in [1.807, 2.05) is 26.0 Å². The maximum Gasteiger partial charge on any atom is 0.410 e. The fraction of sp³-hybridized carbons (Fsp3) is 0.800. The summed E-state index contributed by atoms with van der Waals surface area (Å²) in [5.74, 6) is -0.737. The number of carbonyl (C=O) groups excluding carboxylic acids is 1. The lowest BCUT2D eigenvalue weighted by Crippen LogP contribution is -2.50. The number of carbonyl (C=O) groups is 2. The highest BCUT2D eigenvalue weighted by Crippen LogP contribution is 2.47. The number of hydrogen-bond donors (Lipinski definition) is 3. The minimum atomic E-state index is -0.936. The van der Waals surface area contributed by atoms with Crippen LogP contribution in [0.5, 0.6) is 0 Å². The molecule has 228 valence electrons. The van der Waals surface area contributed by atoms with Gasteiger partial charge in [0.15, 0.2) is 0 Å². The van der Waals surface area contributed by atoms with Crippen molar-refractivity contribution >= 4 is 12.1 Å². The van der Waals surface area contributed by atoms with Gasteiger partial charge in [0.05, 0.1) is 42.5 Å². The topological polar surface area (TPSA) is 130 Å². The van der Waals surface area contributed by atoms with Crippen LogP contribution < -0.4 is 5.32 Å². The van der Waals surface area contributed by atoms with Crippen LogP contribution in [0.25, 0.3) is 0 Å². The summed E-state index contributed by atoms with van der Waals surface area (Å²) >= 11 is 0. The first-order valence-corrected chi connectivity index (χ1v) is 14.6. The van der Waals surface area contributed by atoms with E-state index in [1.165, 1.54) is 0 Å². The van der Waals surface area contributed by atoms with Gasteiger partial charge in [-0.2, -0.15) is 0 Å². The van der Waals surface area contributed by atoms with Crippen LogP contribution in [-0.4, -0.2) is 103 Å². The molecule has 3 aliphatic rings. The number of aliphatic carboxylic acids is 1. The van der Waals surface area contributed by atoms with Crippen molar-refractivity contribution in [3.8, 4) is 0 Å². The van der Waals surface area contributed by atoms with Crippen LogP contribution in [-0.2, 0) is 23.7 Å². The Hall–Kier alpha value is -1.98. The zero-order chi connectivity index (χ0) is 29.6. The Bertz CT molecular complexity index is 917. The Morgan fingerprint density at radius 2 is 1.90 bits per heavy atom. The monoisotopic (exact) mass is 566 g/mol. The smallest absolute Gasteiger partial charge is 0.410 e. The molecule has 3 heterocycles. The number of allylic oxidation sites excluding steroid dienone is 3. The number of rotatable bonds is 12. The Morgan fingerprint density at radius 3 is 2.50 bits per heavy atom. The molecule has 0 aromatic rings. The van der Waals surface area contributed by atoms with Crippen molar-refractivity contribution in [3.05, 3.63) is 23.8 Å². The average Bonchev–Trinajstić information content (AvgIpc) is 3.56. The van der Waals surface area contributed by atoms with Gasteiger partial charge in [0.1, 0.15) is 6.10 Å². The number of hydrogen-bond acceptors (Lipinski definition) is 8. The maximum atomic E-state index is 12.8. The van der Waals surface area contributed by atoms with Gasteiger partial charge in [-0.25, -0.2) is 4.79 Å². The highest BCUT2D eigenvalue weighted by Gasteiger charge is 2.56. The lowest BCUT2D eigenvalue weighted by Gasteiger charge is -2.41. The molecule has 0 aromatic heterocycles. The summed E-state index contributed by atoms with van der Waals surface area (Å²) in [7, 11) is 1.62. The molecule has 0 spiro atoms. The number of carboxylic acids is 1. The predicted molar refractivity (Wildman–Crippen MR) is 151 cm³/mol. The zero-order valence-electron chi connectivity index (χ0n) is 25.2. The third kappa shape index (κ3) is 8.52. The van der Waals surface area contributed by atoms with E-state index in [-0.39, 0.29) is 54.2 Å². The van der Waals surface area contributed by atoms with Crippen LogP contribution in [0.4, 0.5) is 4.79 Å². The largest absolute Gasteiger partial charge is 0.481 e. The molecule has 0 radical (unpaired) electrons. The fourth-order valence-corrected chi connectivity index (χ4v) is 6.42. The molecule has 10 nitrogen and oxygen atoms in total. The van der Waals surface area contributed by atoms with Crippen molar-refractivity contribution in [2.45, 2.75) is 103 Å². The summed E-state index contributed by atoms with van der Waals surface area (Å²) in [6.45, 7) is 14.7. The summed E-state index contributed by atoms with van der Waals surface area (Å²) in [4.78, 5) is 26.0. The van der Waals surface area contributed by atoms with E-state index in [1.54, 1.807) is 18.9 Å². The number of aliphatic hydroxyl groups is 1. The van der Waals surface area contributed by atoms with Crippen LogP contribution >= 0.6 is 0 Å². The molecule has 40 heavy (non-hydrogen) atoms. The first-order chi connectivity index (χ1) is 18.9. The van der Waals surface area contributed by atoms with E-state index in [0.29, 0.717) is 19.5 Å². The Kier molecular flexibility index (Phi) is 11.6. The van der Waals surface area contributed by atoms with Gasteiger partial charge in [0.25, 0.3) is 0 Å². The van der Waals surface area contributed by atoms with Gasteiger partial charge in [0, 0.05) is 51.5 Å². The SMILES string of the molecule is CO[C@@H]([C@@H](C)O)[C@@H](C)C1O[C@]1(C)C[C@H](C)/C=C/C=C(\C)[C@H]1O[C@@H](CC(=O)O)C[C@@H](OC(=O)N2CCNCC2)[C@@H]1C. The number of piperazine rings is 1. The lowest BCUT2D eigenvalue weighted by molar-refractivity contribution is -0.151. The minimum absolute atomic E-state index is 0.0312. The second-order valence-electron chi connectivity index (χ2n) is 12.2.